The Hall–Kier alpha value is -3.75. The summed E-state index contributed by atoms with van der Waals surface area (Å²) in [6.45, 7) is 13.3. The van der Waals surface area contributed by atoms with E-state index in [1.807, 2.05) is 39.1 Å². The minimum atomic E-state index is -4.32. The van der Waals surface area contributed by atoms with Crippen molar-refractivity contribution >= 4 is 39.8 Å². The van der Waals surface area contributed by atoms with Crippen LogP contribution in [0.15, 0.2) is 65.7 Å². The topological polar surface area (TPSA) is 110 Å². The van der Waals surface area contributed by atoms with Crippen LogP contribution in [0, 0.1) is 25.2 Å². The maximum Gasteiger partial charge on any atom is 0.258 e. The number of hydrogen-bond acceptors (Lipinski definition) is 6. The van der Waals surface area contributed by atoms with Gasteiger partial charge in [0.15, 0.2) is 5.82 Å². The number of nitrogens with one attached hydrogen (secondary N) is 1. The summed E-state index contributed by atoms with van der Waals surface area (Å²) in [4.78, 5) is 6.36. The van der Waals surface area contributed by atoms with E-state index in [1.165, 1.54) is 7.11 Å². The predicted octanol–water partition coefficient (Wildman–Crippen LogP) is 7.20. The van der Waals surface area contributed by atoms with Gasteiger partial charge in [-0.1, -0.05) is 50.3 Å². The molecule has 44 heavy (non-hydrogen) atoms. The smallest absolute Gasteiger partial charge is 0.258 e. The number of hydrogen-bond donors (Lipinski definition) is 1. The van der Waals surface area contributed by atoms with E-state index in [2.05, 4.69) is 30.7 Å². The number of imidazole rings is 1. The number of nitrogens with zero attached hydrogens (tertiary/aromatic N) is 3. The number of benzene rings is 3. The summed E-state index contributed by atoms with van der Waals surface area (Å²) in [5.41, 5.74) is 5.72. The maximum atomic E-state index is 15.3. The molecular weight excluding hydrogens is 589 g/mol. The Morgan fingerprint density at radius 2 is 1.80 bits per heavy atom. The highest BCUT2D eigenvalue weighted by atomic mass is 32.2. The number of aromatic amines is 1. The highest BCUT2D eigenvalue weighted by Crippen LogP contribution is 2.47. The quantitative estimate of drug-likeness (QED) is 0.122. The molecule has 0 saturated carbocycles. The van der Waals surface area contributed by atoms with Gasteiger partial charge in [-0.05, 0) is 73.8 Å². The second-order valence-corrected chi connectivity index (χ2v) is 20.2. The third-order valence-electron chi connectivity index (χ3n) is 8.22. The van der Waals surface area contributed by atoms with Crippen LogP contribution in [0.5, 0.6) is 0 Å². The van der Waals surface area contributed by atoms with E-state index in [4.69, 9.17) is 14.5 Å². The molecule has 10 heteroatoms. The molecule has 0 saturated heterocycles. The molecule has 1 unspecified atom stereocenters. The van der Waals surface area contributed by atoms with E-state index in [0.717, 1.165) is 33.6 Å². The first-order valence-electron chi connectivity index (χ1n) is 14.8. The third kappa shape index (κ3) is 5.39. The second-order valence-electron chi connectivity index (χ2n) is 12.5. The summed E-state index contributed by atoms with van der Waals surface area (Å²) in [5.74, 6) is 0.180. The minimum absolute atomic E-state index is 0.0450. The number of H-pyrrole nitrogens is 1. The van der Waals surface area contributed by atoms with Gasteiger partial charge < -0.3 is 19.0 Å². The van der Waals surface area contributed by atoms with E-state index in [0.29, 0.717) is 35.2 Å². The Bertz CT molecular complexity index is 1980. The lowest BCUT2D eigenvalue weighted by Gasteiger charge is -2.35. The van der Waals surface area contributed by atoms with Crippen LogP contribution in [0.1, 0.15) is 40.6 Å². The molecule has 0 bridgehead atoms. The van der Waals surface area contributed by atoms with Crippen molar-refractivity contribution in [3.05, 3.63) is 94.4 Å². The molecule has 0 aliphatic rings. The van der Waals surface area contributed by atoms with E-state index in [9.17, 15) is 5.26 Å². The molecule has 1 N–H and O–H groups in total. The van der Waals surface area contributed by atoms with Gasteiger partial charge in [-0.15, -0.1) is 0 Å². The Kier molecular flexibility index (Phi) is 8.62. The zero-order valence-electron chi connectivity index (χ0n) is 26.5. The molecule has 5 rings (SSSR count). The number of aryl methyl sites for hydroxylation is 3. The second kappa shape index (κ2) is 12.0. The van der Waals surface area contributed by atoms with Crippen LogP contribution in [-0.2, 0) is 37.4 Å². The Morgan fingerprint density at radius 3 is 2.43 bits per heavy atom. The zero-order chi connectivity index (χ0) is 31.9. The van der Waals surface area contributed by atoms with Gasteiger partial charge in [0.2, 0.25) is 9.84 Å². The number of rotatable bonds is 11. The Morgan fingerprint density at radius 1 is 1.07 bits per heavy atom. The zero-order valence-corrected chi connectivity index (χ0v) is 28.3. The lowest BCUT2D eigenvalue weighted by Crippen LogP contribution is -2.43. The Balaban J connectivity index is 1.91. The van der Waals surface area contributed by atoms with Crippen molar-refractivity contribution in [3.8, 4) is 6.07 Å². The summed E-state index contributed by atoms with van der Waals surface area (Å²) in [7, 11) is -4.29. The van der Waals surface area contributed by atoms with Crippen LogP contribution in [-0.4, -0.2) is 44.7 Å². The number of aromatic nitrogens is 3. The van der Waals surface area contributed by atoms with Gasteiger partial charge in [-0.25, -0.2) is 13.4 Å². The SMILES string of the molecule is CCc1cc(C)c2[nH]ccc2c1C(OC)(c1nc2ccc(C#N)cc2n1COCC[Si](C)(C)C)S(=O)(=O)c1ccc(C)cc1. The van der Waals surface area contributed by atoms with Crippen molar-refractivity contribution in [2.45, 2.75) is 69.4 Å². The lowest BCUT2D eigenvalue weighted by atomic mass is 9.93. The molecule has 8 nitrogen and oxygen atoms in total. The standard InChI is InChI=1S/C34H40N4O4SSi/c1-8-26-19-24(3)32-28(15-16-36-32)31(26)34(41-4,43(39,40)27-12-9-23(2)10-13-27)33-37-29-14-11-25(21-35)20-30(29)38(33)22-42-17-18-44(5,6)7/h9-16,19-20,36H,8,17-18,22H2,1-7H3. The number of methoxy groups -OCH3 is 1. The molecule has 1 atom stereocenters. The van der Waals surface area contributed by atoms with Crippen LogP contribution in [0.25, 0.3) is 21.9 Å². The Labute approximate surface area is 260 Å². The van der Waals surface area contributed by atoms with Crippen LogP contribution < -0.4 is 0 Å². The fraction of sp³-hybridized carbons (Fsp3) is 0.353. The summed E-state index contributed by atoms with van der Waals surface area (Å²) < 4.78 is 44.9. The molecule has 0 radical (unpaired) electrons. The van der Waals surface area contributed by atoms with Crippen molar-refractivity contribution in [2.75, 3.05) is 13.7 Å². The van der Waals surface area contributed by atoms with Crippen molar-refractivity contribution in [3.63, 3.8) is 0 Å². The van der Waals surface area contributed by atoms with Crippen LogP contribution in [0.2, 0.25) is 25.7 Å². The average molecular weight is 629 g/mol. The van der Waals surface area contributed by atoms with E-state index in [-0.39, 0.29) is 17.5 Å². The van der Waals surface area contributed by atoms with Crippen molar-refractivity contribution in [1.29, 1.82) is 5.26 Å². The molecule has 0 spiro atoms. The molecular formula is C34H40N4O4SSi. The first-order valence-corrected chi connectivity index (χ1v) is 20.0. The fourth-order valence-electron chi connectivity index (χ4n) is 5.81. The average Bonchev–Trinajstić information content (AvgIpc) is 3.62. The highest BCUT2D eigenvalue weighted by Gasteiger charge is 2.54. The van der Waals surface area contributed by atoms with Crippen LogP contribution in [0.3, 0.4) is 0 Å². The van der Waals surface area contributed by atoms with Gasteiger partial charge >= 0.3 is 0 Å². The minimum Gasteiger partial charge on any atom is -0.361 e. The van der Waals surface area contributed by atoms with Crippen molar-refractivity contribution in [1.82, 2.24) is 14.5 Å². The normalized spacial score (nSPS) is 13.8. The molecule has 5 aromatic rings. The predicted molar refractivity (Wildman–Crippen MR) is 177 cm³/mol. The van der Waals surface area contributed by atoms with Gasteiger partial charge in [-0.2, -0.15) is 5.26 Å². The van der Waals surface area contributed by atoms with Gasteiger partial charge in [0, 0.05) is 44.5 Å². The van der Waals surface area contributed by atoms with Crippen LogP contribution in [0.4, 0.5) is 0 Å². The summed E-state index contributed by atoms with van der Waals surface area (Å²) in [6, 6.07) is 19.1. The summed E-state index contributed by atoms with van der Waals surface area (Å²) in [6.07, 6.45) is 2.39. The van der Waals surface area contributed by atoms with Crippen molar-refractivity contribution < 1.29 is 17.9 Å². The van der Waals surface area contributed by atoms with Gasteiger partial charge in [0.25, 0.3) is 4.93 Å². The van der Waals surface area contributed by atoms with E-state index < -0.39 is 22.8 Å². The first-order chi connectivity index (χ1) is 20.9. The van der Waals surface area contributed by atoms with E-state index in [1.54, 1.807) is 47.0 Å². The van der Waals surface area contributed by atoms with Gasteiger partial charge in [-0.3, -0.25) is 0 Å². The molecule has 0 amide bonds. The van der Waals surface area contributed by atoms with E-state index >= 15 is 8.42 Å². The molecule has 3 aromatic carbocycles. The first kappa shape index (κ1) is 31.7. The number of fused-ring (bicyclic) bond motifs is 2. The van der Waals surface area contributed by atoms with Gasteiger partial charge in [0.1, 0.15) is 6.73 Å². The number of ether oxygens (including phenoxy) is 2. The molecule has 0 aliphatic carbocycles. The summed E-state index contributed by atoms with van der Waals surface area (Å²) in [5, 5.41) is 10.5. The molecule has 0 aliphatic heterocycles. The highest BCUT2D eigenvalue weighted by molar-refractivity contribution is 7.92. The number of sulfone groups is 1. The van der Waals surface area contributed by atoms with Crippen molar-refractivity contribution in [2.24, 2.45) is 0 Å². The monoisotopic (exact) mass is 628 g/mol. The maximum absolute atomic E-state index is 15.3. The third-order valence-corrected chi connectivity index (χ3v) is 12.1. The molecule has 2 heterocycles. The molecule has 2 aromatic heterocycles. The lowest BCUT2D eigenvalue weighted by molar-refractivity contribution is 0.0579. The molecule has 0 fully saturated rings. The number of nitriles is 1. The largest absolute Gasteiger partial charge is 0.361 e. The summed E-state index contributed by atoms with van der Waals surface area (Å²) >= 11 is 0. The van der Waals surface area contributed by atoms with Crippen LogP contribution >= 0.6 is 0 Å². The molecule has 230 valence electrons. The van der Waals surface area contributed by atoms with Gasteiger partial charge in [0.05, 0.1) is 27.6 Å². The fourth-order valence-corrected chi connectivity index (χ4v) is 8.52.